The fraction of sp³-hybridized carbons (Fsp3) is 0.619. The number of rotatable bonds is 5. The number of hydrogen-bond acceptors (Lipinski definition) is 2. The molecule has 2 aliphatic carbocycles. The summed E-state index contributed by atoms with van der Waals surface area (Å²) in [6.07, 6.45) is 11.4. The van der Waals surface area contributed by atoms with E-state index in [-0.39, 0.29) is 11.8 Å². The van der Waals surface area contributed by atoms with Crippen LogP contribution in [0.2, 0.25) is 0 Å². The van der Waals surface area contributed by atoms with E-state index in [0.717, 1.165) is 18.5 Å². The third kappa shape index (κ3) is 4.83. The molecule has 4 nitrogen and oxygen atoms in total. The van der Waals surface area contributed by atoms with Crippen LogP contribution in [-0.4, -0.2) is 29.8 Å². The van der Waals surface area contributed by atoms with Crippen molar-refractivity contribution in [2.45, 2.75) is 70.3 Å². The van der Waals surface area contributed by atoms with Gasteiger partial charge in [-0.05, 0) is 55.9 Å². The molecule has 0 heterocycles. The summed E-state index contributed by atoms with van der Waals surface area (Å²) in [6, 6.07) is 7.70. The Hall–Kier alpha value is -1.84. The smallest absolute Gasteiger partial charge is 0.253 e. The molecule has 0 bridgehead atoms. The lowest BCUT2D eigenvalue weighted by atomic mass is 9.94. The number of nitrogens with zero attached hydrogens (tertiary/aromatic N) is 1. The molecular weight excluding hydrogens is 312 g/mol. The Kier molecular flexibility index (Phi) is 6.11. The normalized spacial score (nSPS) is 18.9. The highest BCUT2D eigenvalue weighted by molar-refractivity contribution is 5.95. The number of amides is 2. The molecule has 0 aromatic heterocycles. The van der Waals surface area contributed by atoms with Crippen LogP contribution in [0.3, 0.4) is 0 Å². The van der Waals surface area contributed by atoms with Crippen LogP contribution >= 0.6 is 0 Å². The molecule has 1 aromatic rings. The highest BCUT2D eigenvalue weighted by Gasteiger charge is 2.23. The van der Waals surface area contributed by atoms with Gasteiger partial charge in [-0.1, -0.05) is 32.1 Å². The van der Waals surface area contributed by atoms with Crippen molar-refractivity contribution >= 4 is 17.5 Å². The summed E-state index contributed by atoms with van der Waals surface area (Å²) in [5.41, 5.74) is 1.47. The van der Waals surface area contributed by atoms with Crippen LogP contribution in [0.5, 0.6) is 0 Å². The van der Waals surface area contributed by atoms with Crippen LogP contribution in [0.25, 0.3) is 0 Å². The Bertz CT molecular complexity index is 584. The fourth-order valence-corrected chi connectivity index (χ4v) is 4.22. The molecule has 0 radical (unpaired) electrons. The van der Waals surface area contributed by atoms with Crippen LogP contribution < -0.4 is 5.32 Å². The Morgan fingerprint density at radius 3 is 2.20 bits per heavy atom. The number of benzene rings is 1. The lowest BCUT2D eigenvalue weighted by Crippen LogP contribution is -2.38. The van der Waals surface area contributed by atoms with Gasteiger partial charge in [0.05, 0.1) is 0 Å². The predicted molar refractivity (Wildman–Crippen MR) is 101 cm³/mol. The van der Waals surface area contributed by atoms with E-state index in [1.54, 1.807) is 0 Å². The maximum atomic E-state index is 12.6. The molecule has 1 aromatic carbocycles. The molecule has 4 heteroatoms. The quantitative estimate of drug-likeness (QED) is 0.849. The SMILES string of the molecule is CN(C(=O)c1ccc(NC(=O)CC2CCCC2)cc1)C1CCCCC1. The second kappa shape index (κ2) is 8.50. The topological polar surface area (TPSA) is 49.4 Å². The summed E-state index contributed by atoms with van der Waals surface area (Å²) in [7, 11) is 1.91. The van der Waals surface area contributed by atoms with Crippen molar-refractivity contribution in [3.05, 3.63) is 29.8 Å². The molecule has 0 aliphatic heterocycles. The van der Waals surface area contributed by atoms with Crippen molar-refractivity contribution in [1.29, 1.82) is 0 Å². The minimum atomic E-state index is 0.0794. The molecule has 0 spiro atoms. The van der Waals surface area contributed by atoms with Gasteiger partial charge in [0.2, 0.25) is 5.91 Å². The van der Waals surface area contributed by atoms with E-state index in [0.29, 0.717) is 23.9 Å². The fourth-order valence-electron chi connectivity index (χ4n) is 4.22. The maximum absolute atomic E-state index is 12.6. The predicted octanol–water partition coefficient (Wildman–Crippen LogP) is 4.61. The molecule has 1 N–H and O–H groups in total. The molecule has 25 heavy (non-hydrogen) atoms. The first-order chi connectivity index (χ1) is 12.1. The molecule has 2 amide bonds. The molecule has 0 unspecified atom stereocenters. The van der Waals surface area contributed by atoms with Gasteiger partial charge in [-0.2, -0.15) is 0 Å². The van der Waals surface area contributed by atoms with E-state index in [1.165, 1.54) is 44.9 Å². The van der Waals surface area contributed by atoms with Crippen molar-refractivity contribution in [3.8, 4) is 0 Å². The van der Waals surface area contributed by atoms with E-state index in [4.69, 9.17) is 0 Å². The Morgan fingerprint density at radius 2 is 1.56 bits per heavy atom. The van der Waals surface area contributed by atoms with Gasteiger partial charge in [0.1, 0.15) is 0 Å². The molecular formula is C21H30N2O2. The van der Waals surface area contributed by atoms with E-state index in [9.17, 15) is 9.59 Å². The Morgan fingerprint density at radius 1 is 0.960 bits per heavy atom. The van der Waals surface area contributed by atoms with Gasteiger partial charge < -0.3 is 10.2 Å². The van der Waals surface area contributed by atoms with E-state index in [1.807, 2.05) is 36.2 Å². The third-order valence-corrected chi connectivity index (χ3v) is 5.81. The van der Waals surface area contributed by atoms with Crippen molar-refractivity contribution in [2.24, 2.45) is 5.92 Å². The summed E-state index contributed by atoms with van der Waals surface area (Å²) in [5, 5.41) is 2.96. The van der Waals surface area contributed by atoms with E-state index < -0.39 is 0 Å². The standard InChI is InChI=1S/C21H30N2O2/c1-23(19-9-3-2-4-10-19)21(25)17-11-13-18(14-12-17)22-20(24)15-16-7-5-6-8-16/h11-14,16,19H,2-10,15H2,1H3,(H,22,24). The van der Waals surface area contributed by atoms with Gasteiger partial charge in [-0.3, -0.25) is 9.59 Å². The van der Waals surface area contributed by atoms with Gasteiger partial charge in [-0.25, -0.2) is 0 Å². The van der Waals surface area contributed by atoms with Crippen LogP contribution in [0.15, 0.2) is 24.3 Å². The molecule has 0 atom stereocenters. The first-order valence-electron chi connectivity index (χ1n) is 9.80. The van der Waals surface area contributed by atoms with Crippen molar-refractivity contribution in [3.63, 3.8) is 0 Å². The average molecular weight is 342 g/mol. The zero-order chi connectivity index (χ0) is 17.6. The minimum absolute atomic E-state index is 0.0794. The first-order valence-corrected chi connectivity index (χ1v) is 9.80. The van der Waals surface area contributed by atoms with Gasteiger partial charge >= 0.3 is 0 Å². The lowest BCUT2D eigenvalue weighted by Gasteiger charge is -2.31. The van der Waals surface area contributed by atoms with Gasteiger partial charge in [-0.15, -0.1) is 0 Å². The van der Waals surface area contributed by atoms with Crippen LogP contribution in [-0.2, 0) is 4.79 Å². The molecule has 3 rings (SSSR count). The van der Waals surface area contributed by atoms with Crippen LogP contribution in [0.1, 0.15) is 74.6 Å². The maximum Gasteiger partial charge on any atom is 0.253 e. The molecule has 0 saturated heterocycles. The molecule has 136 valence electrons. The van der Waals surface area contributed by atoms with E-state index >= 15 is 0 Å². The summed E-state index contributed by atoms with van der Waals surface area (Å²) >= 11 is 0. The van der Waals surface area contributed by atoms with Crippen LogP contribution in [0, 0.1) is 5.92 Å². The lowest BCUT2D eigenvalue weighted by molar-refractivity contribution is -0.117. The zero-order valence-corrected chi connectivity index (χ0v) is 15.3. The average Bonchev–Trinajstić information content (AvgIpc) is 3.14. The zero-order valence-electron chi connectivity index (χ0n) is 15.3. The number of anilines is 1. The highest BCUT2D eigenvalue weighted by atomic mass is 16.2. The molecule has 2 saturated carbocycles. The summed E-state index contributed by atoms with van der Waals surface area (Å²) in [5.74, 6) is 0.714. The Balaban J connectivity index is 1.53. The van der Waals surface area contributed by atoms with Gasteiger partial charge in [0.15, 0.2) is 0 Å². The van der Waals surface area contributed by atoms with Crippen molar-refractivity contribution < 1.29 is 9.59 Å². The summed E-state index contributed by atoms with van der Waals surface area (Å²) < 4.78 is 0. The number of hydrogen-bond donors (Lipinski definition) is 1. The van der Waals surface area contributed by atoms with Crippen molar-refractivity contribution in [1.82, 2.24) is 4.90 Å². The van der Waals surface area contributed by atoms with E-state index in [2.05, 4.69) is 5.32 Å². The van der Waals surface area contributed by atoms with Gasteiger partial charge in [0.25, 0.3) is 5.91 Å². The third-order valence-electron chi connectivity index (χ3n) is 5.81. The summed E-state index contributed by atoms with van der Waals surface area (Å²) in [6.45, 7) is 0. The van der Waals surface area contributed by atoms with Gasteiger partial charge in [0, 0.05) is 30.8 Å². The summed E-state index contributed by atoms with van der Waals surface area (Å²) in [4.78, 5) is 26.7. The minimum Gasteiger partial charge on any atom is -0.339 e. The monoisotopic (exact) mass is 342 g/mol. The first kappa shape index (κ1) is 18.0. The second-order valence-corrected chi connectivity index (χ2v) is 7.69. The number of carbonyl (C=O) groups is 2. The number of carbonyl (C=O) groups excluding carboxylic acids is 2. The van der Waals surface area contributed by atoms with Crippen molar-refractivity contribution in [2.75, 3.05) is 12.4 Å². The molecule has 2 aliphatic rings. The second-order valence-electron chi connectivity index (χ2n) is 7.69. The van der Waals surface area contributed by atoms with Crippen LogP contribution in [0.4, 0.5) is 5.69 Å². The molecule has 2 fully saturated rings. The largest absolute Gasteiger partial charge is 0.339 e. The number of nitrogens with one attached hydrogen (secondary N) is 1. The Labute approximate surface area is 151 Å². The highest BCUT2D eigenvalue weighted by Crippen LogP contribution is 2.28.